The van der Waals surface area contributed by atoms with Crippen LogP contribution in [0.15, 0.2) is 12.1 Å². The van der Waals surface area contributed by atoms with Crippen LogP contribution in [0.1, 0.15) is 22.8 Å². The molecule has 1 aromatic carbocycles. The molecular weight excluding hydrogens is 287 g/mol. The van der Waals surface area contributed by atoms with Gasteiger partial charge in [0.2, 0.25) is 0 Å². The van der Waals surface area contributed by atoms with Crippen molar-refractivity contribution in [1.29, 1.82) is 0 Å². The van der Waals surface area contributed by atoms with Crippen molar-refractivity contribution >= 4 is 11.5 Å². The standard InChI is InChI=1S/C14H16F3NO3/c1-9(19)10-7-11(14(15,16)17)13(20-2)12(8-10)18-3-5-21-6-4-18/h7-8H,3-6H2,1-2H3. The molecular formula is C14H16F3NO3. The first-order chi connectivity index (χ1) is 9.84. The SMILES string of the molecule is COc1c(N2CCOCC2)cc(C(C)=O)cc1C(F)(F)F. The van der Waals surface area contributed by atoms with Crippen LogP contribution in [0, 0.1) is 0 Å². The number of ether oxygens (including phenoxy) is 2. The summed E-state index contributed by atoms with van der Waals surface area (Å²) in [5, 5.41) is 0. The van der Waals surface area contributed by atoms with Gasteiger partial charge in [0, 0.05) is 18.7 Å². The van der Waals surface area contributed by atoms with E-state index in [1.165, 1.54) is 20.1 Å². The summed E-state index contributed by atoms with van der Waals surface area (Å²) in [6, 6.07) is 2.28. The fourth-order valence-corrected chi connectivity index (χ4v) is 2.28. The zero-order chi connectivity index (χ0) is 15.6. The van der Waals surface area contributed by atoms with Gasteiger partial charge in [0.25, 0.3) is 0 Å². The van der Waals surface area contributed by atoms with Crippen LogP contribution in [-0.2, 0) is 10.9 Å². The Balaban J connectivity index is 2.60. The minimum Gasteiger partial charge on any atom is -0.494 e. The molecule has 1 fully saturated rings. The Morgan fingerprint density at radius 1 is 1.29 bits per heavy atom. The molecule has 1 aliphatic heterocycles. The van der Waals surface area contributed by atoms with E-state index in [0.29, 0.717) is 26.3 Å². The zero-order valence-electron chi connectivity index (χ0n) is 11.8. The lowest BCUT2D eigenvalue weighted by Crippen LogP contribution is -2.36. The number of Topliss-reactive ketones (excluding diaryl/α,β-unsaturated/α-hetero) is 1. The molecule has 0 saturated carbocycles. The average Bonchev–Trinajstić information content (AvgIpc) is 2.45. The second-order valence-electron chi connectivity index (χ2n) is 4.73. The molecule has 21 heavy (non-hydrogen) atoms. The molecule has 0 amide bonds. The smallest absolute Gasteiger partial charge is 0.420 e. The van der Waals surface area contributed by atoms with Gasteiger partial charge in [-0.2, -0.15) is 13.2 Å². The second-order valence-corrected chi connectivity index (χ2v) is 4.73. The normalized spacial score (nSPS) is 16.0. The summed E-state index contributed by atoms with van der Waals surface area (Å²) in [4.78, 5) is 13.2. The van der Waals surface area contributed by atoms with Crippen molar-refractivity contribution in [1.82, 2.24) is 0 Å². The Morgan fingerprint density at radius 2 is 1.90 bits per heavy atom. The predicted molar refractivity (Wildman–Crippen MR) is 71.0 cm³/mol. The zero-order valence-corrected chi connectivity index (χ0v) is 11.8. The molecule has 0 aliphatic carbocycles. The number of hydrogen-bond acceptors (Lipinski definition) is 4. The first-order valence-electron chi connectivity index (χ1n) is 6.47. The largest absolute Gasteiger partial charge is 0.494 e. The highest BCUT2D eigenvalue weighted by Gasteiger charge is 2.37. The minimum atomic E-state index is -4.59. The third-order valence-corrected chi connectivity index (χ3v) is 3.34. The number of rotatable bonds is 3. The number of halogens is 3. The lowest BCUT2D eigenvalue weighted by Gasteiger charge is -2.31. The lowest BCUT2D eigenvalue weighted by molar-refractivity contribution is -0.138. The number of nitrogens with zero attached hydrogens (tertiary/aromatic N) is 1. The Morgan fingerprint density at radius 3 is 2.38 bits per heavy atom. The molecule has 1 aromatic rings. The van der Waals surface area contributed by atoms with Gasteiger partial charge >= 0.3 is 6.18 Å². The first kappa shape index (κ1) is 15.6. The number of benzene rings is 1. The fraction of sp³-hybridized carbons (Fsp3) is 0.500. The van der Waals surface area contributed by atoms with E-state index in [1.807, 2.05) is 0 Å². The Bertz CT molecular complexity index is 537. The Hall–Kier alpha value is -1.76. The molecule has 0 atom stereocenters. The third-order valence-electron chi connectivity index (χ3n) is 3.34. The van der Waals surface area contributed by atoms with E-state index in [9.17, 15) is 18.0 Å². The Kier molecular flexibility index (Phi) is 4.41. The van der Waals surface area contributed by atoms with Crippen LogP contribution in [0.3, 0.4) is 0 Å². The fourth-order valence-electron chi connectivity index (χ4n) is 2.28. The summed E-state index contributed by atoms with van der Waals surface area (Å²) in [6.07, 6.45) is -4.59. The van der Waals surface area contributed by atoms with Gasteiger partial charge in [0.15, 0.2) is 11.5 Å². The number of alkyl halides is 3. The van der Waals surface area contributed by atoms with Gasteiger partial charge in [0.05, 0.1) is 26.0 Å². The van der Waals surface area contributed by atoms with E-state index < -0.39 is 17.5 Å². The number of carbonyl (C=O) groups excluding carboxylic acids is 1. The summed E-state index contributed by atoms with van der Waals surface area (Å²) in [6.45, 7) is 3.00. The van der Waals surface area contributed by atoms with Crippen LogP contribution in [0.2, 0.25) is 0 Å². The van der Waals surface area contributed by atoms with Gasteiger partial charge in [-0.25, -0.2) is 0 Å². The molecule has 7 heteroatoms. The maximum Gasteiger partial charge on any atom is 0.420 e. The van der Waals surface area contributed by atoms with Crippen molar-refractivity contribution in [2.45, 2.75) is 13.1 Å². The Labute approximate surface area is 120 Å². The minimum absolute atomic E-state index is 0.0182. The van der Waals surface area contributed by atoms with Crippen LogP contribution in [0.4, 0.5) is 18.9 Å². The van der Waals surface area contributed by atoms with Crippen LogP contribution < -0.4 is 9.64 Å². The highest BCUT2D eigenvalue weighted by atomic mass is 19.4. The van der Waals surface area contributed by atoms with Gasteiger partial charge in [0.1, 0.15) is 5.56 Å². The van der Waals surface area contributed by atoms with Crippen molar-refractivity contribution < 1.29 is 27.4 Å². The number of ketones is 1. The van der Waals surface area contributed by atoms with E-state index in [4.69, 9.17) is 9.47 Å². The molecule has 1 saturated heterocycles. The van der Waals surface area contributed by atoms with Gasteiger partial charge < -0.3 is 14.4 Å². The molecule has 116 valence electrons. The first-order valence-corrected chi connectivity index (χ1v) is 6.47. The number of methoxy groups -OCH3 is 1. The van der Waals surface area contributed by atoms with Crippen molar-refractivity contribution in [2.24, 2.45) is 0 Å². The second kappa shape index (κ2) is 5.93. The summed E-state index contributed by atoms with van der Waals surface area (Å²) in [7, 11) is 1.20. The molecule has 2 rings (SSSR count). The molecule has 1 heterocycles. The highest BCUT2D eigenvalue weighted by Crippen LogP contribution is 2.43. The van der Waals surface area contributed by atoms with E-state index in [0.717, 1.165) is 6.07 Å². The monoisotopic (exact) mass is 303 g/mol. The molecule has 0 unspecified atom stereocenters. The van der Waals surface area contributed by atoms with Gasteiger partial charge in [-0.3, -0.25) is 4.79 Å². The number of anilines is 1. The van der Waals surface area contributed by atoms with Crippen molar-refractivity contribution in [3.8, 4) is 5.75 Å². The van der Waals surface area contributed by atoms with E-state index in [-0.39, 0.29) is 17.0 Å². The van der Waals surface area contributed by atoms with Crippen molar-refractivity contribution in [3.63, 3.8) is 0 Å². The summed E-state index contributed by atoms with van der Waals surface area (Å²) in [5.41, 5.74) is -0.635. The van der Waals surface area contributed by atoms with E-state index >= 15 is 0 Å². The van der Waals surface area contributed by atoms with Crippen LogP contribution in [0.5, 0.6) is 5.75 Å². The highest BCUT2D eigenvalue weighted by molar-refractivity contribution is 5.96. The topological polar surface area (TPSA) is 38.8 Å². The number of carbonyl (C=O) groups is 1. The molecule has 1 aliphatic rings. The number of morpholine rings is 1. The van der Waals surface area contributed by atoms with Crippen LogP contribution in [0.25, 0.3) is 0 Å². The van der Waals surface area contributed by atoms with E-state index in [2.05, 4.69) is 0 Å². The summed E-state index contributed by atoms with van der Waals surface area (Å²) >= 11 is 0. The van der Waals surface area contributed by atoms with Gasteiger partial charge in [-0.05, 0) is 19.1 Å². The summed E-state index contributed by atoms with van der Waals surface area (Å²) < 4.78 is 49.7. The van der Waals surface area contributed by atoms with Gasteiger partial charge in [-0.1, -0.05) is 0 Å². The molecule has 4 nitrogen and oxygen atoms in total. The third kappa shape index (κ3) is 3.29. The van der Waals surface area contributed by atoms with Crippen LogP contribution >= 0.6 is 0 Å². The summed E-state index contributed by atoms with van der Waals surface area (Å²) in [5.74, 6) is -0.674. The molecule has 0 spiro atoms. The van der Waals surface area contributed by atoms with Gasteiger partial charge in [-0.15, -0.1) is 0 Å². The lowest BCUT2D eigenvalue weighted by atomic mass is 10.0. The maximum absolute atomic E-state index is 13.2. The molecule has 0 aromatic heterocycles. The van der Waals surface area contributed by atoms with Crippen molar-refractivity contribution in [3.05, 3.63) is 23.3 Å². The molecule has 0 bridgehead atoms. The van der Waals surface area contributed by atoms with Crippen molar-refractivity contribution in [2.75, 3.05) is 38.3 Å². The van der Waals surface area contributed by atoms with Crippen LogP contribution in [-0.4, -0.2) is 39.2 Å². The average molecular weight is 303 g/mol. The number of hydrogen-bond donors (Lipinski definition) is 0. The predicted octanol–water partition coefficient (Wildman–Crippen LogP) is 2.75. The van der Waals surface area contributed by atoms with E-state index in [1.54, 1.807) is 4.90 Å². The quantitative estimate of drug-likeness (QED) is 0.805. The molecule has 0 N–H and O–H groups in total. The molecule has 0 radical (unpaired) electrons. The maximum atomic E-state index is 13.2.